The summed E-state index contributed by atoms with van der Waals surface area (Å²) in [6.45, 7) is 0.193. The second-order valence-corrected chi connectivity index (χ2v) is 3.63. The van der Waals surface area contributed by atoms with Crippen LogP contribution >= 0.6 is 0 Å². The van der Waals surface area contributed by atoms with Gasteiger partial charge >= 0.3 is 0 Å². The molecule has 2 N–H and O–H groups in total. The molecule has 0 aromatic heterocycles. The fraction of sp³-hybridized carbons (Fsp3) is 0.818. The minimum Gasteiger partial charge on any atom is -0.395 e. The van der Waals surface area contributed by atoms with Crippen LogP contribution in [0.15, 0.2) is 0 Å². The summed E-state index contributed by atoms with van der Waals surface area (Å²) in [4.78, 5) is 0. The first-order valence-electron chi connectivity index (χ1n) is 5.13. The van der Waals surface area contributed by atoms with Gasteiger partial charge in [0.15, 0.2) is 0 Å². The maximum Gasteiger partial charge on any atom is 0.0540 e. The average Bonchev–Trinajstić information content (AvgIpc) is 2.19. The molecule has 0 atom stereocenters. The highest BCUT2D eigenvalue weighted by molar-refractivity contribution is 5.05. The molecule has 0 unspecified atom stereocenters. The maximum absolute atomic E-state index is 8.56. The van der Waals surface area contributed by atoms with Crippen LogP contribution in [0.25, 0.3) is 0 Å². The number of nitrogens with one attached hydrogen (secondary N) is 1. The fourth-order valence-electron chi connectivity index (χ4n) is 1.80. The molecular weight excluding hydrogens is 162 g/mol. The predicted octanol–water partition coefficient (Wildman–Crippen LogP) is 1.15. The number of hydrogen-bond donors (Lipinski definition) is 2. The van der Waals surface area contributed by atoms with Crippen LogP contribution in [0, 0.1) is 17.8 Å². The van der Waals surface area contributed by atoms with E-state index in [0.29, 0.717) is 18.4 Å². The molecule has 1 fully saturated rings. The summed E-state index contributed by atoms with van der Waals surface area (Å²) in [6.07, 6.45) is 5.55. The molecular formula is C11H19NO. The van der Waals surface area contributed by atoms with Gasteiger partial charge in [-0.15, -0.1) is 5.92 Å². The molecule has 2 heteroatoms. The first-order valence-corrected chi connectivity index (χ1v) is 5.13. The van der Waals surface area contributed by atoms with Crippen molar-refractivity contribution in [3.05, 3.63) is 0 Å². The molecule has 0 amide bonds. The average molecular weight is 181 g/mol. The normalized spacial score (nSPS) is 27.8. The molecule has 1 aliphatic rings. The third-order valence-corrected chi connectivity index (χ3v) is 2.68. The van der Waals surface area contributed by atoms with Crippen molar-refractivity contribution >= 4 is 0 Å². The number of aliphatic hydroxyl groups is 1. The second-order valence-electron chi connectivity index (χ2n) is 3.63. The Bertz CT molecular complexity index is 184. The van der Waals surface area contributed by atoms with Gasteiger partial charge in [-0.1, -0.05) is 5.92 Å². The van der Waals surface area contributed by atoms with E-state index < -0.39 is 0 Å². The Labute approximate surface area is 80.7 Å². The van der Waals surface area contributed by atoms with Gasteiger partial charge in [0, 0.05) is 18.4 Å². The predicted molar refractivity (Wildman–Crippen MR) is 54.3 cm³/mol. The Kier molecular flexibility index (Phi) is 4.88. The summed E-state index contributed by atoms with van der Waals surface area (Å²) in [5, 5.41) is 11.9. The zero-order chi connectivity index (χ0) is 9.52. The van der Waals surface area contributed by atoms with Gasteiger partial charge in [-0.05, 0) is 32.7 Å². The highest BCUT2D eigenvalue weighted by Crippen LogP contribution is 2.23. The van der Waals surface area contributed by atoms with E-state index in [9.17, 15) is 0 Å². The van der Waals surface area contributed by atoms with Crippen molar-refractivity contribution in [1.82, 2.24) is 5.32 Å². The summed E-state index contributed by atoms with van der Waals surface area (Å²) in [5.41, 5.74) is 0. The zero-order valence-corrected chi connectivity index (χ0v) is 8.34. The van der Waals surface area contributed by atoms with Crippen LogP contribution < -0.4 is 5.32 Å². The monoisotopic (exact) mass is 181 g/mol. The minimum atomic E-state index is 0.193. The van der Waals surface area contributed by atoms with E-state index >= 15 is 0 Å². The highest BCUT2D eigenvalue weighted by atomic mass is 16.2. The quantitative estimate of drug-likeness (QED) is 0.626. The molecule has 74 valence electrons. The van der Waals surface area contributed by atoms with Gasteiger partial charge in [0.1, 0.15) is 0 Å². The van der Waals surface area contributed by atoms with E-state index in [2.05, 4.69) is 17.2 Å². The largest absolute Gasteiger partial charge is 0.395 e. The summed E-state index contributed by atoms with van der Waals surface area (Å²) >= 11 is 0. The maximum atomic E-state index is 8.56. The molecule has 0 bridgehead atoms. The number of hydrogen-bond acceptors (Lipinski definition) is 2. The van der Waals surface area contributed by atoms with E-state index in [-0.39, 0.29) is 6.61 Å². The van der Waals surface area contributed by atoms with E-state index in [1.807, 2.05) is 7.05 Å². The van der Waals surface area contributed by atoms with Gasteiger partial charge in [0.2, 0.25) is 0 Å². The van der Waals surface area contributed by atoms with Gasteiger partial charge in [0.05, 0.1) is 6.61 Å². The molecule has 0 spiro atoms. The molecule has 0 aromatic rings. The lowest BCUT2D eigenvalue weighted by molar-refractivity contribution is 0.304. The Morgan fingerprint density at radius 1 is 1.31 bits per heavy atom. The smallest absolute Gasteiger partial charge is 0.0540 e. The molecule has 2 nitrogen and oxygen atoms in total. The van der Waals surface area contributed by atoms with Crippen LogP contribution in [-0.4, -0.2) is 24.8 Å². The van der Waals surface area contributed by atoms with Crippen molar-refractivity contribution in [2.45, 2.75) is 38.1 Å². The van der Waals surface area contributed by atoms with Crippen LogP contribution in [0.3, 0.4) is 0 Å². The summed E-state index contributed by atoms with van der Waals surface area (Å²) in [6, 6.07) is 0.705. The van der Waals surface area contributed by atoms with E-state index in [1.54, 1.807) is 0 Å². The third-order valence-electron chi connectivity index (χ3n) is 2.68. The van der Waals surface area contributed by atoms with Crippen LogP contribution in [0.4, 0.5) is 0 Å². The van der Waals surface area contributed by atoms with Crippen molar-refractivity contribution in [3.63, 3.8) is 0 Å². The molecule has 0 heterocycles. The summed E-state index contributed by atoms with van der Waals surface area (Å²) in [5.74, 6) is 6.83. The van der Waals surface area contributed by atoms with Crippen LogP contribution in [0.2, 0.25) is 0 Å². The molecule has 0 aromatic carbocycles. The lowest BCUT2D eigenvalue weighted by atomic mass is 9.86. The van der Waals surface area contributed by atoms with Gasteiger partial charge < -0.3 is 10.4 Å². The first-order chi connectivity index (χ1) is 6.36. The van der Waals surface area contributed by atoms with Crippen molar-refractivity contribution in [1.29, 1.82) is 0 Å². The van der Waals surface area contributed by atoms with Crippen LogP contribution in [0.5, 0.6) is 0 Å². The molecule has 1 rings (SSSR count). The van der Waals surface area contributed by atoms with Gasteiger partial charge in [0.25, 0.3) is 0 Å². The van der Waals surface area contributed by atoms with Crippen molar-refractivity contribution < 1.29 is 5.11 Å². The van der Waals surface area contributed by atoms with Gasteiger partial charge in [-0.25, -0.2) is 0 Å². The molecule has 0 radical (unpaired) electrons. The van der Waals surface area contributed by atoms with Crippen LogP contribution in [-0.2, 0) is 0 Å². The molecule has 0 saturated heterocycles. The topological polar surface area (TPSA) is 32.3 Å². The molecule has 1 saturated carbocycles. The van der Waals surface area contributed by atoms with Crippen LogP contribution in [0.1, 0.15) is 32.1 Å². The van der Waals surface area contributed by atoms with Crippen molar-refractivity contribution in [2.75, 3.05) is 13.7 Å². The standard InChI is InChI=1S/C11H19NO/c1-12-11-7-5-10(6-8-11)4-2-3-9-13/h10-13H,3,5-9H2,1H3/t10-,11-. The Morgan fingerprint density at radius 2 is 2.00 bits per heavy atom. The van der Waals surface area contributed by atoms with E-state index in [4.69, 9.17) is 5.11 Å². The minimum absolute atomic E-state index is 0.193. The number of rotatable bonds is 2. The van der Waals surface area contributed by atoms with E-state index in [1.165, 1.54) is 25.7 Å². The van der Waals surface area contributed by atoms with Gasteiger partial charge in [-0.2, -0.15) is 0 Å². The van der Waals surface area contributed by atoms with Gasteiger partial charge in [-0.3, -0.25) is 0 Å². The van der Waals surface area contributed by atoms with Crippen molar-refractivity contribution in [2.24, 2.45) is 5.92 Å². The fourth-order valence-corrected chi connectivity index (χ4v) is 1.80. The SMILES string of the molecule is CN[C@H]1CC[C@H](C#CCCO)CC1. The first kappa shape index (κ1) is 10.6. The zero-order valence-electron chi connectivity index (χ0n) is 8.34. The Hall–Kier alpha value is -0.520. The second kappa shape index (κ2) is 6.01. The van der Waals surface area contributed by atoms with E-state index in [0.717, 1.165) is 0 Å². The Balaban J connectivity index is 2.22. The highest BCUT2D eigenvalue weighted by Gasteiger charge is 2.17. The molecule has 13 heavy (non-hydrogen) atoms. The lowest BCUT2D eigenvalue weighted by Gasteiger charge is -2.24. The molecule has 0 aliphatic heterocycles. The lowest BCUT2D eigenvalue weighted by Crippen LogP contribution is -2.29. The van der Waals surface area contributed by atoms with Crippen molar-refractivity contribution in [3.8, 4) is 11.8 Å². The summed E-state index contributed by atoms with van der Waals surface area (Å²) in [7, 11) is 2.03. The Morgan fingerprint density at radius 3 is 2.54 bits per heavy atom. The molecule has 1 aliphatic carbocycles. The summed E-state index contributed by atoms with van der Waals surface area (Å²) < 4.78 is 0. The number of aliphatic hydroxyl groups excluding tert-OH is 1. The third kappa shape index (κ3) is 3.80.